The predicted molar refractivity (Wildman–Crippen MR) is 57.2 cm³/mol. The van der Waals surface area contributed by atoms with E-state index < -0.39 is 0 Å². The first-order valence-electron chi connectivity index (χ1n) is 4.42. The molecule has 0 rings (SSSR count). The summed E-state index contributed by atoms with van der Waals surface area (Å²) in [6.45, 7) is 5.24. The van der Waals surface area contributed by atoms with Crippen LogP contribution in [0.4, 0.5) is 0 Å². The van der Waals surface area contributed by atoms with Crippen LogP contribution in [-0.2, 0) is 9.47 Å². The molecule has 0 aromatic rings. The van der Waals surface area contributed by atoms with Gasteiger partial charge in [-0.1, -0.05) is 12.8 Å². The quantitative estimate of drug-likeness (QED) is 0.523. The number of thiol groups is 1. The number of nitrogens with one attached hydrogen (secondary N) is 1. The fourth-order valence-electron chi connectivity index (χ4n) is 0.984. The third kappa shape index (κ3) is 8.52. The van der Waals surface area contributed by atoms with Crippen LogP contribution < -0.4 is 4.72 Å². The lowest BCUT2D eigenvalue weighted by Gasteiger charge is -2.20. The Morgan fingerprint density at radius 3 is 2.00 bits per heavy atom. The van der Waals surface area contributed by atoms with E-state index in [4.69, 9.17) is 9.47 Å². The van der Waals surface area contributed by atoms with Crippen molar-refractivity contribution in [2.24, 2.45) is 0 Å². The molecule has 1 N–H and O–H groups in total. The Labute approximate surface area is 86.1 Å². The minimum Gasteiger partial charge on any atom is -0.383 e. The standard InChI is InChI=1S/C8H20N2O2S/c1-11-7-5-10(4-3-9-13)6-8-12-2/h9,13H,3-8H2,1-2H3. The SMILES string of the molecule is COCCN(CCNS)CCOC. The third-order valence-electron chi connectivity index (χ3n) is 1.76. The second-order valence-electron chi connectivity index (χ2n) is 2.74. The van der Waals surface area contributed by atoms with Crippen molar-refractivity contribution in [2.75, 3.05) is 53.6 Å². The number of ether oxygens (including phenoxy) is 2. The molecule has 0 saturated heterocycles. The normalized spacial score (nSPS) is 11.1. The molecule has 0 saturated carbocycles. The maximum Gasteiger partial charge on any atom is 0.0589 e. The molecular formula is C8H20N2O2S. The Bertz CT molecular complexity index is 87.1. The van der Waals surface area contributed by atoms with Crippen molar-refractivity contribution in [3.05, 3.63) is 0 Å². The van der Waals surface area contributed by atoms with Crippen molar-refractivity contribution in [1.82, 2.24) is 9.62 Å². The molecule has 0 spiro atoms. The van der Waals surface area contributed by atoms with Crippen LogP contribution in [0.1, 0.15) is 0 Å². The summed E-state index contributed by atoms with van der Waals surface area (Å²) in [5.41, 5.74) is 0. The van der Waals surface area contributed by atoms with E-state index in [1.54, 1.807) is 14.2 Å². The van der Waals surface area contributed by atoms with Gasteiger partial charge in [-0.25, -0.2) is 0 Å². The lowest BCUT2D eigenvalue weighted by atomic mass is 10.4. The van der Waals surface area contributed by atoms with Crippen LogP contribution in [0.25, 0.3) is 0 Å². The molecule has 0 fully saturated rings. The molecule has 0 aliphatic heterocycles. The minimum absolute atomic E-state index is 0.760. The zero-order valence-corrected chi connectivity index (χ0v) is 9.35. The molecule has 13 heavy (non-hydrogen) atoms. The van der Waals surface area contributed by atoms with Gasteiger partial charge in [0.25, 0.3) is 0 Å². The van der Waals surface area contributed by atoms with E-state index in [0.29, 0.717) is 0 Å². The third-order valence-corrected chi connectivity index (χ3v) is 1.99. The number of nitrogens with zero attached hydrogens (tertiary/aromatic N) is 1. The highest BCUT2D eigenvalue weighted by Crippen LogP contribution is 1.88. The first-order chi connectivity index (χ1) is 6.35. The molecule has 0 unspecified atom stereocenters. The molecule has 0 radical (unpaired) electrons. The van der Waals surface area contributed by atoms with Gasteiger partial charge >= 0.3 is 0 Å². The average Bonchev–Trinajstić information content (AvgIpc) is 2.17. The summed E-state index contributed by atoms with van der Waals surface area (Å²) in [6, 6.07) is 0. The van der Waals surface area contributed by atoms with E-state index in [0.717, 1.165) is 39.4 Å². The molecule has 4 nitrogen and oxygen atoms in total. The van der Waals surface area contributed by atoms with Crippen molar-refractivity contribution >= 4 is 12.8 Å². The van der Waals surface area contributed by atoms with Gasteiger partial charge in [-0.15, -0.1) is 0 Å². The van der Waals surface area contributed by atoms with Gasteiger partial charge in [-0.3, -0.25) is 9.62 Å². The van der Waals surface area contributed by atoms with Crippen molar-refractivity contribution in [3.8, 4) is 0 Å². The van der Waals surface area contributed by atoms with Crippen molar-refractivity contribution < 1.29 is 9.47 Å². The van der Waals surface area contributed by atoms with Gasteiger partial charge in [0.1, 0.15) is 0 Å². The molecule has 80 valence electrons. The van der Waals surface area contributed by atoms with Crippen LogP contribution in [0.15, 0.2) is 0 Å². The van der Waals surface area contributed by atoms with Gasteiger partial charge in [0, 0.05) is 40.4 Å². The first-order valence-corrected chi connectivity index (χ1v) is 4.87. The number of hydrogen-bond acceptors (Lipinski definition) is 5. The molecule has 0 amide bonds. The Kier molecular flexibility index (Phi) is 10.4. The molecule has 0 heterocycles. The maximum atomic E-state index is 5.01. The average molecular weight is 208 g/mol. The van der Waals surface area contributed by atoms with Gasteiger partial charge < -0.3 is 9.47 Å². The van der Waals surface area contributed by atoms with E-state index in [1.165, 1.54) is 0 Å². The summed E-state index contributed by atoms with van der Waals surface area (Å²) >= 11 is 3.94. The van der Waals surface area contributed by atoms with Crippen LogP contribution in [0.3, 0.4) is 0 Å². The van der Waals surface area contributed by atoms with Gasteiger partial charge in [-0.05, 0) is 0 Å². The van der Waals surface area contributed by atoms with Crippen LogP contribution in [0, 0.1) is 0 Å². The van der Waals surface area contributed by atoms with Crippen LogP contribution >= 0.6 is 12.8 Å². The van der Waals surface area contributed by atoms with E-state index in [2.05, 4.69) is 22.4 Å². The molecule has 5 heteroatoms. The molecule has 0 bridgehead atoms. The van der Waals surface area contributed by atoms with Crippen molar-refractivity contribution in [1.29, 1.82) is 0 Å². The highest BCUT2D eigenvalue weighted by atomic mass is 32.1. The fraction of sp³-hybridized carbons (Fsp3) is 1.00. The number of rotatable bonds is 9. The lowest BCUT2D eigenvalue weighted by molar-refractivity contribution is 0.115. The Balaban J connectivity index is 3.47. The molecule has 0 aliphatic rings. The summed E-state index contributed by atoms with van der Waals surface area (Å²) in [5, 5.41) is 0. The second-order valence-corrected chi connectivity index (χ2v) is 3.05. The van der Waals surface area contributed by atoms with Gasteiger partial charge in [0.15, 0.2) is 0 Å². The molecule has 0 aliphatic carbocycles. The minimum atomic E-state index is 0.760. The fourth-order valence-corrected chi connectivity index (χ4v) is 1.08. The highest BCUT2D eigenvalue weighted by molar-refractivity contribution is 7.78. The second kappa shape index (κ2) is 10.3. The summed E-state index contributed by atoms with van der Waals surface area (Å²) in [7, 11) is 3.43. The smallest absolute Gasteiger partial charge is 0.0589 e. The van der Waals surface area contributed by atoms with Crippen molar-refractivity contribution in [2.45, 2.75) is 0 Å². The van der Waals surface area contributed by atoms with E-state index in [1.807, 2.05) is 0 Å². The Morgan fingerprint density at radius 1 is 1.08 bits per heavy atom. The van der Waals surface area contributed by atoms with E-state index in [9.17, 15) is 0 Å². The van der Waals surface area contributed by atoms with Crippen LogP contribution in [0.5, 0.6) is 0 Å². The summed E-state index contributed by atoms with van der Waals surface area (Å²) in [5.74, 6) is 0. The zero-order valence-electron chi connectivity index (χ0n) is 8.45. The Morgan fingerprint density at radius 2 is 1.62 bits per heavy atom. The van der Waals surface area contributed by atoms with Gasteiger partial charge in [-0.2, -0.15) is 0 Å². The summed E-state index contributed by atoms with van der Waals surface area (Å²) < 4.78 is 12.8. The molecular weight excluding hydrogens is 188 g/mol. The zero-order chi connectivity index (χ0) is 9.94. The predicted octanol–water partition coefficient (Wildman–Crippen LogP) is 0.0156. The first kappa shape index (κ1) is 13.2. The monoisotopic (exact) mass is 208 g/mol. The van der Waals surface area contributed by atoms with Crippen molar-refractivity contribution in [3.63, 3.8) is 0 Å². The summed E-state index contributed by atoms with van der Waals surface area (Å²) in [4.78, 5) is 2.27. The lowest BCUT2D eigenvalue weighted by Crippen LogP contribution is -2.35. The highest BCUT2D eigenvalue weighted by Gasteiger charge is 2.02. The number of methoxy groups -OCH3 is 2. The van der Waals surface area contributed by atoms with Crippen LogP contribution in [-0.4, -0.2) is 58.5 Å². The van der Waals surface area contributed by atoms with Gasteiger partial charge in [0.2, 0.25) is 0 Å². The Hall–Kier alpha value is 0.190. The van der Waals surface area contributed by atoms with E-state index >= 15 is 0 Å². The molecule has 0 aromatic carbocycles. The van der Waals surface area contributed by atoms with E-state index in [-0.39, 0.29) is 0 Å². The van der Waals surface area contributed by atoms with Crippen LogP contribution in [0.2, 0.25) is 0 Å². The number of hydrogen-bond donors (Lipinski definition) is 2. The summed E-state index contributed by atoms with van der Waals surface area (Å²) in [6.07, 6.45) is 0. The topological polar surface area (TPSA) is 33.7 Å². The maximum absolute atomic E-state index is 5.01. The molecule has 0 atom stereocenters. The van der Waals surface area contributed by atoms with Gasteiger partial charge in [0.05, 0.1) is 13.2 Å². The molecule has 0 aromatic heterocycles. The largest absolute Gasteiger partial charge is 0.383 e.